The van der Waals surface area contributed by atoms with E-state index in [-0.39, 0.29) is 31.4 Å². The highest BCUT2D eigenvalue weighted by atomic mass is 19.1. The molecule has 2 bridgehead atoms. The number of methoxy groups -OCH3 is 1. The Bertz CT molecular complexity index is 1380. The largest absolute Gasteiger partial charge is 0.497 e. The number of aldehydes is 1. The molecule has 5 rings (SSSR count). The normalized spacial score (nSPS) is 30.5. The van der Waals surface area contributed by atoms with Crippen molar-refractivity contribution in [2.24, 2.45) is 17.3 Å². The number of hydrogen-bond donors (Lipinski definition) is 0. The number of amides is 1. The van der Waals surface area contributed by atoms with Gasteiger partial charge in [0.1, 0.15) is 29.9 Å². The standard InChI is InChI=1S/C34H46FN3O6/c1-6-34(35)28(20-39)38-19-29(34)44-31-25(36-24-16-15-22(42-5)17-26(24)37-31)13-9-7-8-11-21-12-10-14-27(21)43-30(40)18-23(32(38)41)33(2,3)4/h15-17,20-21,23,27-29H,6-14,18-19H2,1-5H3/t21-,23-,27-,28-,29+,34-/m1/s1. The van der Waals surface area contributed by atoms with Crippen LogP contribution in [0.1, 0.15) is 91.2 Å². The number of hydrogen-bond acceptors (Lipinski definition) is 8. The predicted molar refractivity (Wildman–Crippen MR) is 163 cm³/mol. The van der Waals surface area contributed by atoms with E-state index in [1.807, 2.05) is 32.9 Å². The number of carbonyl (C=O) groups is 3. The predicted octanol–water partition coefficient (Wildman–Crippen LogP) is 5.79. The van der Waals surface area contributed by atoms with E-state index in [9.17, 15) is 14.4 Å². The van der Waals surface area contributed by atoms with Crippen LogP contribution in [0.5, 0.6) is 11.6 Å². The summed E-state index contributed by atoms with van der Waals surface area (Å²) in [6.07, 6.45) is 6.15. The summed E-state index contributed by atoms with van der Waals surface area (Å²) >= 11 is 0. The minimum absolute atomic E-state index is 0.0552. The van der Waals surface area contributed by atoms with Gasteiger partial charge in [-0.1, -0.05) is 40.5 Å². The van der Waals surface area contributed by atoms with Crippen LogP contribution in [0.15, 0.2) is 18.2 Å². The molecule has 2 fully saturated rings. The molecular formula is C34H46FN3O6. The summed E-state index contributed by atoms with van der Waals surface area (Å²) in [6.45, 7) is 7.11. The van der Waals surface area contributed by atoms with Crippen LogP contribution in [0.2, 0.25) is 0 Å². The number of rotatable bonds is 3. The summed E-state index contributed by atoms with van der Waals surface area (Å²) in [6, 6.07) is 4.04. The van der Waals surface area contributed by atoms with Crippen LogP contribution in [0.3, 0.4) is 0 Å². The Morgan fingerprint density at radius 2 is 1.84 bits per heavy atom. The van der Waals surface area contributed by atoms with Crippen LogP contribution in [-0.4, -0.2) is 70.6 Å². The summed E-state index contributed by atoms with van der Waals surface area (Å²) in [5.41, 5.74) is -0.963. The molecule has 240 valence electrons. The zero-order chi connectivity index (χ0) is 31.6. The minimum atomic E-state index is -2.16. The molecule has 44 heavy (non-hydrogen) atoms. The SMILES string of the molecule is CC[C@]1(F)[C@@H]2CN(C(=O)[C@H](C(C)(C)C)CC(=O)O[C@@H]3CCC[C@H]3CCCCCc3nc4ccc(OC)cc4nc3O2)[C@@H]1C=O. The topological polar surface area (TPSA) is 108 Å². The van der Waals surface area contributed by atoms with E-state index in [1.165, 1.54) is 4.90 Å². The molecule has 1 amide bonds. The van der Waals surface area contributed by atoms with Gasteiger partial charge in [0.2, 0.25) is 11.8 Å². The van der Waals surface area contributed by atoms with Gasteiger partial charge in [-0.25, -0.2) is 14.4 Å². The Labute approximate surface area is 259 Å². The molecule has 2 aromatic rings. The van der Waals surface area contributed by atoms with E-state index in [1.54, 1.807) is 20.1 Å². The molecule has 6 atom stereocenters. The Morgan fingerprint density at radius 3 is 2.55 bits per heavy atom. The first-order chi connectivity index (χ1) is 21.0. The van der Waals surface area contributed by atoms with E-state index < -0.39 is 41.0 Å². The van der Waals surface area contributed by atoms with Crippen molar-refractivity contribution < 1.29 is 33.0 Å². The van der Waals surface area contributed by atoms with Gasteiger partial charge in [-0.2, -0.15) is 0 Å². The Kier molecular flexibility index (Phi) is 9.47. The Hall–Kier alpha value is -3.30. The Morgan fingerprint density at radius 1 is 1.07 bits per heavy atom. The lowest BCUT2D eigenvalue weighted by Crippen LogP contribution is -2.51. The third kappa shape index (κ3) is 6.40. The fraction of sp³-hybridized carbons (Fsp3) is 0.676. The maximum Gasteiger partial charge on any atom is 0.306 e. The highest BCUT2D eigenvalue weighted by Crippen LogP contribution is 2.42. The van der Waals surface area contributed by atoms with Crippen LogP contribution in [0.4, 0.5) is 4.39 Å². The van der Waals surface area contributed by atoms with Gasteiger partial charge in [0, 0.05) is 6.07 Å². The number of nitrogens with zero attached hydrogens (tertiary/aromatic N) is 3. The van der Waals surface area contributed by atoms with Crippen LogP contribution < -0.4 is 9.47 Å². The van der Waals surface area contributed by atoms with E-state index in [2.05, 4.69) is 0 Å². The molecular weight excluding hydrogens is 565 g/mol. The van der Waals surface area contributed by atoms with Gasteiger partial charge in [-0.05, 0) is 68.4 Å². The molecule has 1 saturated heterocycles. The summed E-state index contributed by atoms with van der Waals surface area (Å²) in [7, 11) is 1.57. The maximum atomic E-state index is 16.9. The average Bonchev–Trinajstić information content (AvgIpc) is 3.55. The number of ether oxygens (including phenoxy) is 3. The zero-order valence-corrected chi connectivity index (χ0v) is 26.6. The number of fused-ring (bicyclic) bond motifs is 5. The maximum absolute atomic E-state index is 16.9. The van der Waals surface area contributed by atoms with Crippen LogP contribution in [-0.2, 0) is 25.5 Å². The van der Waals surface area contributed by atoms with Crippen molar-refractivity contribution in [2.45, 2.75) is 116 Å². The lowest BCUT2D eigenvalue weighted by Gasteiger charge is -2.35. The lowest BCUT2D eigenvalue weighted by molar-refractivity contribution is -0.158. The summed E-state index contributed by atoms with van der Waals surface area (Å²) < 4.78 is 34.7. The van der Waals surface area contributed by atoms with Gasteiger partial charge >= 0.3 is 5.97 Å². The number of alkyl halides is 1. The average molecular weight is 612 g/mol. The first kappa shape index (κ1) is 32.1. The number of esters is 1. The number of aromatic nitrogens is 2. The third-order valence-electron chi connectivity index (χ3n) is 9.91. The van der Waals surface area contributed by atoms with Crippen molar-refractivity contribution >= 4 is 29.2 Å². The van der Waals surface area contributed by atoms with Crippen LogP contribution in [0, 0.1) is 17.3 Å². The molecule has 3 heterocycles. The van der Waals surface area contributed by atoms with E-state index in [0.29, 0.717) is 41.1 Å². The smallest absolute Gasteiger partial charge is 0.306 e. The summed E-state index contributed by atoms with van der Waals surface area (Å²) in [5, 5.41) is 0. The molecule has 0 radical (unpaired) electrons. The fourth-order valence-electron chi connectivity index (χ4n) is 7.16. The summed E-state index contributed by atoms with van der Waals surface area (Å²) in [4.78, 5) is 50.8. The van der Waals surface area contributed by atoms with Crippen molar-refractivity contribution in [1.29, 1.82) is 0 Å². The van der Waals surface area contributed by atoms with Crippen molar-refractivity contribution in [3.63, 3.8) is 0 Å². The second kappa shape index (κ2) is 13.0. The van der Waals surface area contributed by atoms with Gasteiger partial charge in [-0.3, -0.25) is 9.59 Å². The fourth-order valence-corrected chi connectivity index (χ4v) is 7.16. The molecule has 9 nitrogen and oxygen atoms in total. The number of benzene rings is 1. The third-order valence-corrected chi connectivity index (χ3v) is 9.91. The number of carbonyl (C=O) groups excluding carboxylic acids is 3. The van der Waals surface area contributed by atoms with Crippen molar-refractivity contribution in [2.75, 3.05) is 13.7 Å². The van der Waals surface area contributed by atoms with Crippen molar-refractivity contribution in [3.8, 4) is 11.6 Å². The highest BCUT2D eigenvalue weighted by Gasteiger charge is 2.59. The van der Waals surface area contributed by atoms with Crippen LogP contribution in [0.25, 0.3) is 11.0 Å². The van der Waals surface area contributed by atoms with E-state index in [0.717, 1.165) is 44.9 Å². The highest BCUT2D eigenvalue weighted by molar-refractivity contribution is 5.87. The molecule has 10 heteroatoms. The molecule has 2 aliphatic heterocycles. The molecule has 1 aromatic heterocycles. The van der Waals surface area contributed by atoms with Gasteiger partial charge in [-0.15, -0.1) is 0 Å². The number of aryl methyl sites for hydroxylation is 1. The molecule has 1 aliphatic carbocycles. The second-order valence-corrected chi connectivity index (χ2v) is 13.7. The minimum Gasteiger partial charge on any atom is -0.497 e. The van der Waals surface area contributed by atoms with Gasteiger partial charge in [0.05, 0.1) is 37.0 Å². The van der Waals surface area contributed by atoms with Gasteiger partial charge in [0.15, 0.2) is 11.8 Å². The molecule has 0 unspecified atom stereocenters. The van der Waals surface area contributed by atoms with E-state index >= 15 is 4.39 Å². The lowest BCUT2D eigenvalue weighted by atomic mass is 9.77. The monoisotopic (exact) mass is 611 g/mol. The molecule has 1 aromatic carbocycles. The zero-order valence-electron chi connectivity index (χ0n) is 26.6. The number of halogens is 1. The molecule has 0 spiro atoms. The summed E-state index contributed by atoms with van der Waals surface area (Å²) in [5.74, 6) is -0.564. The van der Waals surface area contributed by atoms with Gasteiger partial charge in [0.25, 0.3) is 0 Å². The quantitative estimate of drug-likeness (QED) is 0.317. The molecule has 0 N–H and O–H groups in total. The first-order valence-electron chi connectivity index (χ1n) is 16.1. The van der Waals surface area contributed by atoms with E-state index in [4.69, 9.17) is 24.2 Å². The first-order valence-corrected chi connectivity index (χ1v) is 16.1. The van der Waals surface area contributed by atoms with Crippen molar-refractivity contribution in [1.82, 2.24) is 14.9 Å². The molecule has 1 saturated carbocycles. The Balaban J connectivity index is 1.55. The van der Waals surface area contributed by atoms with Crippen molar-refractivity contribution in [3.05, 3.63) is 23.9 Å². The second-order valence-electron chi connectivity index (χ2n) is 13.7. The van der Waals surface area contributed by atoms with Gasteiger partial charge < -0.3 is 23.9 Å². The molecule has 3 aliphatic rings. The van der Waals surface area contributed by atoms with Crippen LogP contribution >= 0.6 is 0 Å².